The van der Waals surface area contributed by atoms with Crippen LogP contribution in [-0.4, -0.2) is 17.2 Å². The zero-order valence-corrected chi connectivity index (χ0v) is 10.5. The first kappa shape index (κ1) is 15.8. The van der Waals surface area contributed by atoms with Crippen LogP contribution < -0.4 is 0 Å². The zero-order valence-electron chi connectivity index (χ0n) is 8.20. The van der Waals surface area contributed by atoms with Crippen molar-refractivity contribution in [3.8, 4) is 0 Å². The predicted octanol–water partition coefficient (Wildman–Crippen LogP) is 4.88. The van der Waals surface area contributed by atoms with E-state index in [1.165, 1.54) is 0 Å². The maximum atomic E-state index is 12.9. The monoisotopic (exact) mass is 328 g/mol. The number of benzene rings is 1. The van der Waals surface area contributed by atoms with E-state index in [9.17, 15) is 22.0 Å². The lowest BCUT2D eigenvalue weighted by molar-refractivity contribution is -0.315. The molecule has 0 aliphatic carbocycles. The van der Waals surface area contributed by atoms with Gasteiger partial charge in [-0.15, -0.1) is 0 Å². The van der Waals surface area contributed by atoms with Gasteiger partial charge in [-0.05, 0) is 17.7 Å². The van der Waals surface area contributed by atoms with Crippen LogP contribution in [0, 0.1) is 0 Å². The first-order valence-electron chi connectivity index (χ1n) is 4.25. The molecule has 0 heterocycles. The molecular formula is C9H4Cl3F5O. The van der Waals surface area contributed by atoms with Crippen molar-refractivity contribution in [3.63, 3.8) is 0 Å². The van der Waals surface area contributed by atoms with E-state index in [-0.39, 0.29) is 15.1 Å². The van der Waals surface area contributed by atoms with Gasteiger partial charge >= 0.3 is 12.1 Å². The molecule has 0 aliphatic rings. The first-order valence-corrected chi connectivity index (χ1v) is 5.39. The maximum Gasteiger partial charge on any atom is 0.456 e. The maximum absolute atomic E-state index is 12.9. The van der Waals surface area contributed by atoms with E-state index in [0.717, 1.165) is 0 Å². The van der Waals surface area contributed by atoms with Crippen LogP contribution in [-0.2, 0) is 0 Å². The Labute approximate surface area is 113 Å². The van der Waals surface area contributed by atoms with Gasteiger partial charge < -0.3 is 5.11 Å². The van der Waals surface area contributed by atoms with Gasteiger partial charge in [-0.25, -0.2) is 0 Å². The summed E-state index contributed by atoms with van der Waals surface area (Å²) in [6, 6.07) is 1.39. The average Bonchev–Trinajstić information content (AvgIpc) is 2.22. The summed E-state index contributed by atoms with van der Waals surface area (Å²) in [7, 11) is 0. The van der Waals surface area contributed by atoms with Crippen molar-refractivity contribution >= 4 is 34.8 Å². The average molecular weight is 329 g/mol. The van der Waals surface area contributed by atoms with Gasteiger partial charge in [-0.3, -0.25) is 0 Å². The molecule has 0 saturated carbocycles. The van der Waals surface area contributed by atoms with E-state index in [2.05, 4.69) is 0 Å². The number of hydrogen-bond donors (Lipinski definition) is 1. The second kappa shape index (κ2) is 5.00. The van der Waals surface area contributed by atoms with Gasteiger partial charge in [0.25, 0.3) is 0 Å². The number of halogens is 8. The number of hydrogen-bond acceptors (Lipinski definition) is 1. The standard InChI is InChI=1S/C9H4Cl3F5O/c10-4-1-3(2-5(11)6(4)12)7(18)8(13,14)9(15,16)17/h1-2,7,18H/t7-/m1/s1. The highest BCUT2D eigenvalue weighted by atomic mass is 35.5. The van der Waals surface area contributed by atoms with E-state index >= 15 is 0 Å². The number of rotatable bonds is 2. The van der Waals surface area contributed by atoms with Crippen LogP contribution in [0.1, 0.15) is 11.7 Å². The summed E-state index contributed by atoms with van der Waals surface area (Å²) in [6.07, 6.45) is -9.02. The topological polar surface area (TPSA) is 20.2 Å². The number of aliphatic hydroxyl groups excluding tert-OH is 1. The Morgan fingerprint density at radius 1 is 0.944 bits per heavy atom. The van der Waals surface area contributed by atoms with E-state index in [0.29, 0.717) is 12.1 Å². The van der Waals surface area contributed by atoms with Crippen LogP contribution in [0.15, 0.2) is 12.1 Å². The molecule has 0 bridgehead atoms. The van der Waals surface area contributed by atoms with Crippen LogP contribution in [0.4, 0.5) is 22.0 Å². The van der Waals surface area contributed by atoms with Crippen LogP contribution in [0.2, 0.25) is 15.1 Å². The lowest BCUT2D eigenvalue weighted by atomic mass is 10.0. The molecule has 1 rings (SSSR count). The normalized spacial score (nSPS) is 14.7. The van der Waals surface area contributed by atoms with Gasteiger partial charge in [0.1, 0.15) is 0 Å². The molecular weight excluding hydrogens is 325 g/mol. The van der Waals surface area contributed by atoms with E-state index in [1.54, 1.807) is 0 Å². The van der Waals surface area contributed by atoms with E-state index < -0.39 is 23.8 Å². The van der Waals surface area contributed by atoms with Gasteiger partial charge in [0.15, 0.2) is 6.10 Å². The largest absolute Gasteiger partial charge is 0.456 e. The summed E-state index contributed by atoms with van der Waals surface area (Å²) in [5.74, 6) is -5.33. The summed E-state index contributed by atoms with van der Waals surface area (Å²) in [4.78, 5) is 0. The van der Waals surface area contributed by atoms with Crippen molar-refractivity contribution < 1.29 is 27.1 Å². The molecule has 0 amide bonds. The second-order valence-corrected chi connectivity index (χ2v) is 4.51. The quantitative estimate of drug-likeness (QED) is 0.606. The lowest BCUT2D eigenvalue weighted by Crippen LogP contribution is -2.42. The molecule has 0 aliphatic heterocycles. The minimum Gasteiger partial charge on any atom is -0.382 e. The highest BCUT2D eigenvalue weighted by Crippen LogP contribution is 2.46. The van der Waals surface area contributed by atoms with Gasteiger partial charge in [0.05, 0.1) is 15.1 Å². The zero-order chi connectivity index (χ0) is 14.3. The highest BCUT2D eigenvalue weighted by Gasteiger charge is 2.62. The molecule has 18 heavy (non-hydrogen) atoms. The SMILES string of the molecule is O[C@H](c1cc(Cl)c(Cl)c(Cl)c1)C(F)(F)C(F)(F)F. The van der Waals surface area contributed by atoms with Crippen LogP contribution in [0.5, 0.6) is 0 Å². The van der Waals surface area contributed by atoms with Crippen LogP contribution in [0.3, 0.4) is 0 Å². The summed E-state index contributed by atoms with van der Waals surface area (Å²) in [5, 5.41) is 8.22. The van der Waals surface area contributed by atoms with Crippen molar-refractivity contribution in [1.82, 2.24) is 0 Å². The smallest absolute Gasteiger partial charge is 0.382 e. The molecule has 102 valence electrons. The van der Waals surface area contributed by atoms with E-state index in [1.807, 2.05) is 0 Å². The predicted molar refractivity (Wildman–Crippen MR) is 57.4 cm³/mol. The van der Waals surface area contributed by atoms with Gasteiger partial charge in [0, 0.05) is 0 Å². The minimum atomic E-state index is -5.90. The molecule has 1 N–H and O–H groups in total. The Kier molecular flexibility index (Phi) is 4.37. The molecule has 1 nitrogen and oxygen atoms in total. The number of aliphatic hydroxyl groups is 1. The van der Waals surface area contributed by atoms with Gasteiger partial charge in [-0.1, -0.05) is 34.8 Å². The molecule has 0 unspecified atom stereocenters. The van der Waals surface area contributed by atoms with Crippen molar-refractivity contribution in [2.45, 2.75) is 18.2 Å². The summed E-state index contributed by atoms with van der Waals surface area (Å²) in [6.45, 7) is 0. The molecule has 0 aromatic heterocycles. The molecule has 0 spiro atoms. The Hall–Kier alpha value is -0.300. The Bertz CT molecular complexity index is 437. The van der Waals surface area contributed by atoms with Crippen molar-refractivity contribution in [3.05, 3.63) is 32.8 Å². The second-order valence-electron chi connectivity index (χ2n) is 3.32. The Balaban J connectivity index is 3.24. The van der Waals surface area contributed by atoms with Crippen LogP contribution >= 0.6 is 34.8 Å². The van der Waals surface area contributed by atoms with E-state index in [4.69, 9.17) is 39.9 Å². The van der Waals surface area contributed by atoms with Crippen molar-refractivity contribution in [2.75, 3.05) is 0 Å². The van der Waals surface area contributed by atoms with Gasteiger partial charge in [-0.2, -0.15) is 22.0 Å². The fourth-order valence-corrected chi connectivity index (χ4v) is 1.71. The van der Waals surface area contributed by atoms with Gasteiger partial charge in [0.2, 0.25) is 0 Å². The molecule has 0 radical (unpaired) electrons. The summed E-state index contributed by atoms with van der Waals surface area (Å²) in [5.41, 5.74) is -0.781. The number of alkyl halides is 5. The highest BCUT2D eigenvalue weighted by molar-refractivity contribution is 6.48. The van der Waals surface area contributed by atoms with Crippen LogP contribution in [0.25, 0.3) is 0 Å². The Morgan fingerprint density at radius 2 is 1.33 bits per heavy atom. The lowest BCUT2D eigenvalue weighted by Gasteiger charge is -2.25. The molecule has 0 saturated heterocycles. The molecule has 1 aromatic rings. The third kappa shape index (κ3) is 2.82. The molecule has 1 atom stereocenters. The summed E-state index contributed by atoms with van der Waals surface area (Å²) < 4.78 is 61.9. The first-order chi connectivity index (χ1) is 7.98. The summed E-state index contributed by atoms with van der Waals surface area (Å²) >= 11 is 16.5. The third-order valence-corrected chi connectivity index (χ3v) is 3.24. The molecule has 0 fully saturated rings. The molecule has 1 aromatic carbocycles. The Morgan fingerprint density at radius 3 is 1.67 bits per heavy atom. The van der Waals surface area contributed by atoms with Crippen molar-refractivity contribution in [1.29, 1.82) is 0 Å². The van der Waals surface area contributed by atoms with Crippen molar-refractivity contribution in [2.24, 2.45) is 0 Å². The third-order valence-electron chi connectivity index (χ3n) is 2.04. The molecule has 9 heteroatoms. The fourth-order valence-electron chi connectivity index (χ4n) is 1.10. The fraction of sp³-hybridized carbons (Fsp3) is 0.333. The minimum absolute atomic E-state index is 0.204.